The maximum absolute atomic E-state index is 5.39. The molecule has 0 aliphatic heterocycles. The molecule has 0 aliphatic rings. The summed E-state index contributed by atoms with van der Waals surface area (Å²) in [5.41, 5.74) is 13.3. The Balaban J connectivity index is 1.16. The van der Waals surface area contributed by atoms with Crippen LogP contribution < -0.4 is 9.80 Å². The summed E-state index contributed by atoms with van der Waals surface area (Å²) < 4.78 is 0. The smallest absolute Gasteiger partial charge is 0.120 e. The normalized spacial score (nSPS) is 11.2. The minimum Gasteiger partial charge on any atom is -0.311 e. The Bertz CT molecular complexity index is 2660. The van der Waals surface area contributed by atoms with Crippen LogP contribution in [0.2, 0.25) is 0 Å². The summed E-state index contributed by atoms with van der Waals surface area (Å²) in [4.78, 5) is 34.1. The predicted octanol–water partition coefficient (Wildman–Crippen LogP) is 11.8. The second kappa shape index (κ2) is 14.2. The molecule has 0 saturated carbocycles. The molecule has 0 atom stereocenters. The van der Waals surface area contributed by atoms with Gasteiger partial charge in [0.15, 0.2) is 0 Å². The SMILES string of the molecule is c1ccc(N(c2ccccc2)c2ccc(-c3nc4c5nccnc5c5nccnc5c4nc3-c3ccc(N(c4ccccc4)c4ccccc4)cc3)cc2)cc1. The Morgan fingerprint density at radius 2 is 0.500 bits per heavy atom. The molecule has 0 unspecified atom stereocenters. The molecule has 0 bridgehead atoms. The van der Waals surface area contributed by atoms with Crippen molar-refractivity contribution in [3.05, 3.63) is 195 Å². The van der Waals surface area contributed by atoms with E-state index in [0.29, 0.717) is 33.1 Å². The van der Waals surface area contributed by atoms with Crippen molar-refractivity contribution in [2.45, 2.75) is 0 Å². The van der Waals surface area contributed by atoms with Crippen molar-refractivity contribution in [3.8, 4) is 22.5 Å². The highest BCUT2D eigenvalue weighted by Gasteiger charge is 2.21. The first kappa shape index (κ1) is 32.8. The van der Waals surface area contributed by atoms with Gasteiger partial charge in [0, 0.05) is 70.0 Å². The molecule has 3 aromatic heterocycles. The zero-order valence-corrected chi connectivity index (χ0v) is 30.1. The number of aromatic nitrogens is 6. The fraction of sp³-hybridized carbons (Fsp3) is 0. The molecule has 10 aromatic rings. The predicted molar refractivity (Wildman–Crippen MR) is 226 cm³/mol. The van der Waals surface area contributed by atoms with E-state index in [0.717, 1.165) is 56.6 Å². The number of anilines is 6. The van der Waals surface area contributed by atoms with Gasteiger partial charge in [-0.25, -0.2) is 9.97 Å². The second-order valence-corrected chi connectivity index (χ2v) is 13.2. The van der Waals surface area contributed by atoms with Gasteiger partial charge < -0.3 is 9.80 Å². The van der Waals surface area contributed by atoms with E-state index in [2.05, 4.69) is 165 Å². The summed E-state index contributed by atoms with van der Waals surface area (Å²) in [6, 6.07) is 58.5. The average molecular weight is 721 g/mol. The summed E-state index contributed by atoms with van der Waals surface area (Å²) in [5.74, 6) is 0. The number of fused-ring (bicyclic) bond motifs is 6. The molecular weight excluding hydrogens is 689 g/mol. The van der Waals surface area contributed by atoms with Crippen LogP contribution in [-0.4, -0.2) is 29.9 Å². The van der Waals surface area contributed by atoms with Crippen molar-refractivity contribution in [1.29, 1.82) is 0 Å². The van der Waals surface area contributed by atoms with Crippen molar-refractivity contribution in [1.82, 2.24) is 29.9 Å². The van der Waals surface area contributed by atoms with E-state index >= 15 is 0 Å². The third kappa shape index (κ3) is 5.91. The molecule has 8 nitrogen and oxygen atoms in total. The Kier molecular flexibility index (Phi) is 8.31. The first-order valence-corrected chi connectivity index (χ1v) is 18.4. The summed E-state index contributed by atoms with van der Waals surface area (Å²) in [6.07, 6.45) is 6.70. The van der Waals surface area contributed by atoms with Crippen LogP contribution in [0.25, 0.3) is 55.6 Å². The first-order chi connectivity index (χ1) is 27.8. The molecule has 7 aromatic carbocycles. The van der Waals surface area contributed by atoms with Crippen LogP contribution in [0, 0.1) is 0 Å². The molecule has 10 rings (SSSR count). The van der Waals surface area contributed by atoms with Crippen molar-refractivity contribution >= 4 is 67.2 Å². The lowest BCUT2D eigenvalue weighted by molar-refractivity contribution is 1.24. The lowest BCUT2D eigenvalue weighted by Gasteiger charge is -2.26. The Morgan fingerprint density at radius 3 is 0.786 bits per heavy atom. The number of para-hydroxylation sites is 4. The maximum atomic E-state index is 5.39. The van der Waals surface area contributed by atoms with Gasteiger partial charge in [0.2, 0.25) is 0 Å². The summed E-state index contributed by atoms with van der Waals surface area (Å²) in [6.45, 7) is 0. The van der Waals surface area contributed by atoms with Crippen molar-refractivity contribution < 1.29 is 0 Å². The standard InChI is InChI=1S/C48H32N8/c1-5-13-35(14-6-1)55(36-15-7-2-8-16-36)39-25-21-33(22-26-39)41-42(54-48-46-44(50-30-32-52-46)43-45(47(48)53-41)51-31-29-49-43)34-23-27-40(28-24-34)56(37-17-9-3-10-18-37)38-19-11-4-12-20-38/h1-32H. The minimum atomic E-state index is 0.620. The zero-order chi connectivity index (χ0) is 37.3. The monoisotopic (exact) mass is 720 g/mol. The topological polar surface area (TPSA) is 83.8 Å². The second-order valence-electron chi connectivity index (χ2n) is 13.2. The quantitative estimate of drug-likeness (QED) is 0.143. The van der Waals surface area contributed by atoms with E-state index < -0.39 is 0 Å². The van der Waals surface area contributed by atoms with Gasteiger partial charge in [-0.05, 0) is 72.8 Å². The lowest BCUT2D eigenvalue weighted by Crippen LogP contribution is -2.09. The largest absolute Gasteiger partial charge is 0.311 e. The summed E-state index contributed by atoms with van der Waals surface area (Å²) in [5, 5.41) is 0. The molecule has 0 radical (unpaired) electrons. The van der Waals surface area contributed by atoms with Gasteiger partial charge in [-0.2, -0.15) is 0 Å². The maximum Gasteiger partial charge on any atom is 0.120 e. The Morgan fingerprint density at radius 1 is 0.250 bits per heavy atom. The molecule has 0 amide bonds. The van der Waals surface area contributed by atoms with Crippen molar-refractivity contribution in [2.75, 3.05) is 9.80 Å². The van der Waals surface area contributed by atoms with Crippen LogP contribution in [0.15, 0.2) is 195 Å². The van der Waals surface area contributed by atoms with Gasteiger partial charge in [-0.1, -0.05) is 97.1 Å². The average Bonchev–Trinajstić information content (AvgIpc) is 3.28. The van der Waals surface area contributed by atoms with Gasteiger partial charge in [-0.15, -0.1) is 0 Å². The van der Waals surface area contributed by atoms with Crippen LogP contribution in [0.5, 0.6) is 0 Å². The van der Waals surface area contributed by atoms with Gasteiger partial charge in [0.05, 0.1) is 11.4 Å². The number of rotatable bonds is 8. The summed E-state index contributed by atoms with van der Waals surface area (Å²) in [7, 11) is 0. The molecule has 56 heavy (non-hydrogen) atoms. The summed E-state index contributed by atoms with van der Waals surface area (Å²) >= 11 is 0. The number of hydrogen-bond acceptors (Lipinski definition) is 8. The molecule has 8 heteroatoms. The molecule has 0 N–H and O–H groups in total. The van der Waals surface area contributed by atoms with E-state index in [1.807, 2.05) is 24.3 Å². The molecule has 0 aliphatic carbocycles. The molecular formula is C48H32N8. The Labute approximate surface area is 323 Å². The fourth-order valence-corrected chi connectivity index (χ4v) is 7.28. The van der Waals surface area contributed by atoms with Gasteiger partial charge in [0.25, 0.3) is 0 Å². The van der Waals surface area contributed by atoms with Crippen LogP contribution in [0.4, 0.5) is 34.1 Å². The van der Waals surface area contributed by atoms with Crippen LogP contribution >= 0.6 is 0 Å². The first-order valence-electron chi connectivity index (χ1n) is 18.4. The van der Waals surface area contributed by atoms with E-state index in [1.54, 1.807) is 24.8 Å². The van der Waals surface area contributed by atoms with E-state index in [1.165, 1.54) is 0 Å². The van der Waals surface area contributed by atoms with Gasteiger partial charge in [-0.3, -0.25) is 19.9 Å². The molecule has 0 fully saturated rings. The molecule has 3 heterocycles. The number of benzene rings is 7. The van der Waals surface area contributed by atoms with E-state index in [9.17, 15) is 0 Å². The number of hydrogen-bond donors (Lipinski definition) is 0. The highest BCUT2D eigenvalue weighted by Crippen LogP contribution is 2.40. The van der Waals surface area contributed by atoms with Crippen molar-refractivity contribution in [2.24, 2.45) is 0 Å². The molecule has 0 spiro atoms. The fourth-order valence-electron chi connectivity index (χ4n) is 7.28. The van der Waals surface area contributed by atoms with Crippen LogP contribution in [0.1, 0.15) is 0 Å². The highest BCUT2D eigenvalue weighted by molar-refractivity contribution is 6.18. The van der Waals surface area contributed by atoms with E-state index in [4.69, 9.17) is 19.9 Å². The van der Waals surface area contributed by atoms with E-state index in [-0.39, 0.29) is 0 Å². The van der Waals surface area contributed by atoms with Gasteiger partial charge >= 0.3 is 0 Å². The number of nitrogens with zero attached hydrogens (tertiary/aromatic N) is 8. The third-order valence-electron chi connectivity index (χ3n) is 9.82. The zero-order valence-electron chi connectivity index (χ0n) is 30.1. The van der Waals surface area contributed by atoms with Gasteiger partial charge in [0.1, 0.15) is 33.1 Å². The lowest BCUT2D eigenvalue weighted by atomic mass is 10.0. The highest BCUT2D eigenvalue weighted by atomic mass is 15.1. The van der Waals surface area contributed by atoms with Crippen LogP contribution in [0.3, 0.4) is 0 Å². The van der Waals surface area contributed by atoms with Crippen LogP contribution in [-0.2, 0) is 0 Å². The molecule has 0 saturated heterocycles. The minimum absolute atomic E-state index is 0.620. The molecule has 264 valence electrons. The van der Waals surface area contributed by atoms with Crippen molar-refractivity contribution in [3.63, 3.8) is 0 Å². The third-order valence-corrected chi connectivity index (χ3v) is 9.82. The Hall–Kier alpha value is -7.84.